The van der Waals surface area contributed by atoms with Gasteiger partial charge < -0.3 is 15.4 Å². The minimum atomic E-state index is -0.352. The van der Waals surface area contributed by atoms with Gasteiger partial charge in [-0.1, -0.05) is 18.2 Å². The molecule has 1 aromatic carbocycles. The van der Waals surface area contributed by atoms with E-state index in [0.29, 0.717) is 23.7 Å². The fourth-order valence-electron chi connectivity index (χ4n) is 2.96. The zero-order chi connectivity index (χ0) is 17.8. The highest BCUT2D eigenvalue weighted by Crippen LogP contribution is 2.24. The average Bonchev–Trinajstić information content (AvgIpc) is 2.63. The van der Waals surface area contributed by atoms with Crippen LogP contribution in [0, 0.1) is 5.92 Å². The average molecular weight is 339 g/mol. The number of primary amides is 1. The Kier molecular flexibility index (Phi) is 4.97. The van der Waals surface area contributed by atoms with E-state index in [4.69, 9.17) is 10.5 Å². The third-order valence-corrected chi connectivity index (χ3v) is 4.49. The minimum Gasteiger partial charge on any atom is -0.439 e. The highest BCUT2D eigenvalue weighted by Gasteiger charge is 2.32. The van der Waals surface area contributed by atoms with Crippen LogP contribution in [-0.2, 0) is 4.79 Å². The maximum atomic E-state index is 12.7. The summed E-state index contributed by atoms with van der Waals surface area (Å²) >= 11 is 0. The van der Waals surface area contributed by atoms with E-state index in [9.17, 15) is 9.59 Å². The number of para-hydroxylation sites is 1. The van der Waals surface area contributed by atoms with Crippen molar-refractivity contribution in [1.29, 1.82) is 0 Å². The lowest BCUT2D eigenvalue weighted by molar-refractivity contribution is -0.123. The van der Waals surface area contributed by atoms with Gasteiger partial charge in [0.2, 0.25) is 11.8 Å². The van der Waals surface area contributed by atoms with Gasteiger partial charge in [0.1, 0.15) is 5.75 Å². The fourth-order valence-corrected chi connectivity index (χ4v) is 2.96. The van der Waals surface area contributed by atoms with E-state index >= 15 is 0 Å². The molecule has 2 N–H and O–H groups in total. The van der Waals surface area contributed by atoms with Crippen LogP contribution >= 0.6 is 0 Å². The van der Waals surface area contributed by atoms with Gasteiger partial charge in [0.25, 0.3) is 5.91 Å². The Morgan fingerprint density at radius 1 is 1.16 bits per heavy atom. The zero-order valence-electron chi connectivity index (χ0n) is 14.1. The van der Waals surface area contributed by atoms with E-state index in [2.05, 4.69) is 4.98 Å². The SMILES string of the molecule is C[C@H]1CC[C@@H](C(N)=O)CN1C(=O)c1ccc(Oc2ccccc2)nc1. The molecule has 25 heavy (non-hydrogen) atoms. The molecule has 3 rings (SSSR count). The van der Waals surface area contributed by atoms with E-state index in [0.717, 1.165) is 12.8 Å². The van der Waals surface area contributed by atoms with Gasteiger partial charge in [0, 0.05) is 24.8 Å². The summed E-state index contributed by atoms with van der Waals surface area (Å²) < 4.78 is 5.63. The summed E-state index contributed by atoms with van der Waals surface area (Å²) in [5.74, 6) is 0.327. The van der Waals surface area contributed by atoms with Crippen molar-refractivity contribution in [1.82, 2.24) is 9.88 Å². The molecule has 0 saturated carbocycles. The molecule has 1 aliphatic heterocycles. The molecule has 1 aliphatic rings. The molecule has 6 heteroatoms. The zero-order valence-corrected chi connectivity index (χ0v) is 14.1. The third kappa shape index (κ3) is 3.96. The van der Waals surface area contributed by atoms with Gasteiger partial charge in [-0.05, 0) is 38.0 Å². The Labute approximate surface area is 146 Å². The summed E-state index contributed by atoms with van der Waals surface area (Å²) in [6.07, 6.45) is 2.99. The predicted octanol–water partition coefficient (Wildman–Crippen LogP) is 2.60. The number of pyridine rings is 1. The van der Waals surface area contributed by atoms with Gasteiger partial charge in [0.15, 0.2) is 0 Å². The number of amides is 2. The quantitative estimate of drug-likeness (QED) is 0.928. The van der Waals surface area contributed by atoms with Crippen molar-refractivity contribution in [2.24, 2.45) is 11.7 Å². The first-order valence-corrected chi connectivity index (χ1v) is 8.34. The largest absolute Gasteiger partial charge is 0.439 e. The molecule has 0 unspecified atom stereocenters. The Bertz CT molecular complexity index is 746. The van der Waals surface area contributed by atoms with Crippen LogP contribution in [0.2, 0.25) is 0 Å². The van der Waals surface area contributed by atoms with Crippen molar-refractivity contribution in [3.63, 3.8) is 0 Å². The van der Waals surface area contributed by atoms with Gasteiger partial charge in [0.05, 0.1) is 11.5 Å². The summed E-state index contributed by atoms with van der Waals surface area (Å²) in [7, 11) is 0. The number of carbonyl (C=O) groups excluding carboxylic acids is 2. The molecule has 0 radical (unpaired) electrons. The smallest absolute Gasteiger partial charge is 0.255 e. The molecule has 0 bridgehead atoms. The van der Waals surface area contributed by atoms with E-state index < -0.39 is 0 Å². The maximum Gasteiger partial charge on any atom is 0.255 e. The second kappa shape index (κ2) is 7.34. The van der Waals surface area contributed by atoms with Crippen LogP contribution in [0.25, 0.3) is 0 Å². The molecule has 1 saturated heterocycles. The lowest BCUT2D eigenvalue weighted by Gasteiger charge is -2.36. The highest BCUT2D eigenvalue weighted by molar-refractivity contribution is 5.94. The molecular weight excluding hydrogens is 318 g/mol. The van der Waals surface area contributed by atoms with Crippen LogP contribution in [0.3, 0.4) is 0 Å². The van der Waals surface area contributed by atoms with Crippen LogP contribution in [0.5, 0.6) is 11.6 Å². The van der Waals surface area contributed by atoms with Gasteiger partial charge >= 0.3 is 0 Å². The normalized spacial score (nSPS) is 20.1. The summed E-state index contributed by atoms with van der Waals surface area (Å²) in [4.78, 5) is 30.1. The standard InChI is InChI=1S/C19H21N3O3/c1-13-7-8-15(18(20)23)12-22(13)19(24)14-9-10-17(21-11-14)25-16-5-3-2-4-6-16/h2-6,9-11,13,15H,7-8,12H2,1H3,(H2,20,23)/t13-,15+/m0/s1. The van der Waals surface area contributed by atoms with E-state index in [-0.39, 0.29) is 23.8 Å². The number of rotatable bonds is 4. The van der Waals surface area contributed by atoms with Crippen LogP contribution in [0.1, 0.15) is 30.1 Å². The van der Waals surface area contributed by atoms with Gasteiger partial charge in [-0.2, -0.15) is 0 Å². The Hall–Kier alpha value is -2.89. The van der Waals surface area contributed by atoms with Crippen LogP contribution in [-0.4, -0.2) is 34.3 Å². The molecule has 2 atom stereocenters. The molecule has 2 amide bonds. The first-order chi connectivity index (χ1) is 12.0. The van der Waals surface area contributed by atoms with Gasteiger partial charge in [-0.25, -0.2) is 4.98 Å². The maximum absolute atomic E-state index is 12.7. The van der Waals surface area contributed by atoms with E-state index in [1.54, 1.807) is 17.0 Å². The van der Waals surface area contributed by atoms with Crippen molar-refractivity contribution in [2.75, 3.05) is 6.54 Å². The van der Waals surface area contributed by atoms with Crippen molar-refractivity contribution in [3.05, 3.63) is 54.2 Å². The molecule has 0 aliphatic carbocycles. The van der Waals surface area contributed by atoms with Gasteiger partial charge in [-0.15, -0.1) is 0 Å². The lowest BCUT2D eigenvalue weighted by atomic mass is 9.92. The molecule has 1 fully saturated rings. The van der Waals surface area contributed by atoms with E-state index in [1.807, 2.05) is 37.3 Å². The second-order valence-electron chi connectivity index (χ2n) is 6.28. The van der Waals surface area contributed by atoms with E-state index in [1.165, 1.54) is 6.20 Å². The molecule has 2 aromatic rings. The molecule has 2 heterocycles. The first kappa shape index (κ1) is 17.0. The third-order valence-electron chi connectivity index (χ3n) is 4.49. The number of carbonyl (C=O) groups is 2. The Morgan fingerprint density at radius 2 is 1.92 bits per heavy atom. The Balaban J connectivity index is 1.70. The number of likely N-dealkylation sites (tertiary alicyclic amines) is 1. The Morgan fingerprint density at radius 3 is 2.56 bits per heavy atom. The van der Waals surface area contributed by atoms with Gasteiger partial charge in [-0.3, -0.25) is 9.59 Å². The summed E-state index contributed by atoms with van der Waals surface area (Å²) in [6.45, 7) is 2.34. The lowest BCUT2D eigenvalue weighted by Crippen LogP contribution is -2.48. The van der Waals surface area contributed by atoms with Crippen LogP contribution < -0.4 is 10.5 Å². The monoisotopic (exact) mass is 339 g/mol. The van der Waals surface area contributed by atoms with Crippen molar-refractivity contribution < 1.29 is 14.3 Å². The number of ether oxygens (including phenoxy) is 1. The van der Waals surface area contributed by atoms with Crippen molar-refractivity contribution in [3.8, 4) is 11.6 Å². The first-order valence-electron chi connectivity index (χ1n) is 8.34. The molecule has 0 spiro atoms. The molecule has 1 aromatic heterocycles. The highest BCUT2D eigenvalue weighted by atomic mass is 16.5. The number of piperidine rings is 1. The fraction of sp³-hybridized carbons (Fsp3) is 0.316. The van der Waals surface area contributed by atoms with Crippen molar-refractivity contribution >= 4 is 11.8 Å². The number of hydrogen-bond acceptors (Lipinski definition) is 4. The number of nitrogens with two attached hydrogens (primary N) is 1. The van der Waals surface area contributed by atoms with Crippen molar-refractivity contribution in [2.45, 2.75) is 25.8 Å². The molecule has 6 nitrogen and oxygen atoms in total. The predicted molar refractivity (Wildman–Crippen MR) is 93.2 cm³/mol. The summed E-state index contributed by atoms with van der Waals surface area (Å²) in [6, 6.07) is 12.7. The number of aromatic nitrogens is 1. The number of hydrogen-bond donors (Lipinski definition) is 1. The number of nitrogens with zero attached hydrogens (tertiary/aromatic N) is 2. The van der Waals surface area contributed by atoms with Crippen LogP contribution in [0.15, 0.2) is 48.7 Å². The summed E-state index contributed by atoms with van der Waals surface area (Å²) in [5.41, 5.74) is 5.87. The molecular formula is C19H21N3O3. The summed E-state index contributed by atoms with van der Waals surface area (Å²) in [5, 5.41) is 0. The minimum absolute atomic E-state index is 0.0725. The molecule has 130 valence electrons. The van der Waals surface area contributed by atoms with Crippen LogP contribution in [0.4, 0.5) is 0 Å². The second-order valence-corrected chi connectivity index (χ2v) is 6.28. The number of benzene rings is 1. The topological polar surface area (TPSA) is 85.5 Å².